The smallest absolute Gasteiger partial charge is 0.326 e. The number of nitrogens with zero attached hydrogens (tertiary/aromatic N) is 1. The maximum atomic E-state index is 14.2. The number of ketones is 1. The van der Waals surface area contributed by atoms with E-state index in [2.05, 4.69) is 16.0 Å². The number of hydrogen-bond donors (Lipinski definition) is 6. The van der Waals surface area contributed by atoms with Crippen LogP contribution in [0.25, 0.3) is 0 Å². The third kappa shape index (κ3) is 14.1. The highest BCUT2D eigenvalue weighted by Crippen LogP contribution is 2.29. The lowest BCUT2D eigenvalue weighted by Gasteiger charge is -2.40. The number of amides is 3. The van der Waals surface area contributed by atoms with E-state index in [1.54, 1.807) is 20.2 Å². The lowest BCUT2D eigenvalue weighted by molar-refractivity contribution is -0.141. The molecule has 0 aromatic heterocycles. The van der Waals surface area contributed by atoms with Gasteiger partial charge in [0.25, 0.3) is 0 Å². The molecule has 0 aliphatic rings. The first-order valence-corrected chi connectivity index (χ1v) is 18.1. The van der Waals surface area contributed by atoms with Crippen LogP contribution in [0.5, 0.6) is 0 Å². The first-order valence-electron chi connectivity index (χ1n) is 18.1. The first-order chi connectivity index (χ1) is 24.1. The van der Waals surface area contributed by atoms with Crippen LogP contribution in [0.2, 0.25) is 0 Å². The monoisotopic (exact) mass is 729 g/mol. The molecule has 0 unspecified atom stereocenters. The van der Waals surface area contributed by atoms with Crippen LogP contribution >= 0.6 is 0 Å². The van der Waals surface area contributed by atoms with E-state index in [0.717, 1.165) is 5.56 Å². The van der Waals surface area contributed by atoms with Gasteiger partial charge < -0.3 is 36.8 Å². The maximum absolute atomic E-state index is 14.2. The highest BCUT2D eigenvalue weighted by Gasteiger charge is 2.41. The Bertz CT molecular complexity index is 1400. The molecule has 13 nitrogen and oxygen atoms in total. The molecule has 0 bridgehead atoms. The van der Waals surface area contributed by atoms with Gasteiger partial charge in [-0.1, -0.05) is 97.7 Å². The lowest BCUT2D eigenvalue weighted by atomic mass is 9.76. The van der Waals surface area contributed by atoms with Crippen molar-refractivity contribution in [2.75, 3.05) is 14.1 Å². The number of carboxylic acid groups (broad SMARTS) is 2. The Labute approximate surface area is 309 Å². The summed E-state index contributed by atoms with van der Waals surface area (Å²) in [6, 6.07) is 5.29. The average molecular weight is 730 g/mol. The third-order valence-electron chi connectivity index (χ3n) is 9.55. The molecule has 0 radical (unpaired) electrons. The van der Waals surface area contributed by atoms with E-state index in [4.69, 9.17) is 10.8 Å². The molecule has 0 saturated carbocycles. The zero-order valence-electron chi connectivity index (χ0n) is 32.7. The number of nitrogens with two attached hydrogens (primary N) is 1. The molecule has 1 aromatic rings. The first kappa shape index (κ1) is 45.9. The van der Waals surface area contributed by atoms with Gasteiger partial charge in [-0.05, 0) is 50.1 Å². The van der Waals surface area contributed by atoms with Crippen LogP contribution < -0.4 is 21.7 Å². The van der Waals surface area contributed by atoms with Gasteiger partial charge in [0.2, 0.25) is 17.7 Å². The van der Waals surface area contributed by atoms with Crippen LogP contribution in [-0.2, 0) is 34.2 Å². The number of Topliss-reactive ketones (excluding diaryl/α,β-unsaturated/α-hetero) is 1. The minimum absolute atomic E-state index is 0.0443. The zero-order chi connectivity index (χ0) is 40.0. The van der Waals surface area contributed by atoms with E-state index in [-0.39, 0.29) is 48.4 Å². The summed E-state index contributed by atoms with van der Waals surface area (Å²) in [5, 5.41) is 27.3. The van der Waals surface area contributed by atoms with Crippen LogP contribution in [0, 0.1) is 11.3 Å². The summed E-state index contributed by atoms with van der Waals surface area (Å²) in [6.07, 6.45) is 3.72. The molecule has 0 fully saturated rings. The van der Waals surface area contributed by atoms with Crippen molar-refractivity contribution in [3.05, 3.63) is 47.5 Å². The Hall–Kier alpha value is -4.10. The second kappa shape index (κ2) is 20.8. The number of rotatable bonds is 22. The number of likely N-dealkylation sites (N-methyl/N-ethyl adjacent to an activating group) is 2. The minimum atomic E-state index is -1.30. The molecule has 0 heterocycles. The molecule has 3 amide bonds. The second-order valence-corrected chi connectivity index (χ2v) is 15.6. The van der Waals surface area contributed by atoms with Gasteiger partial charge in [-0.2, -0.15) is 0 Å². The van der Waals surface area contributed by atoms with E-state index in [1.165, 1.54) is 11.8 Å². The van der Waals surface area contributed by atoms with Crippen LogP contribution in [0.3, 0.4) is 0 Å². The van der Waals surface area contributed by atoms with Crippen molar-refractivity contribution in [1.29, 1.82) is 0 Å². The van der Waals surface area contributed by atoms with E-state index >= 15 is 0 Å². The van der Waals surface area contributed by atoms with Crippen LogP contribution in [0.4, 0.5) is 0 Å². The molecular formula is C39H63N5O8. The number of aliphatic carboxylic acids is 2. The van der Waals surface area contributed by atoms with Crippen LogP contribution in [0.15, 0.2) is 42.0 Å². The molecule has 292 valence electrons. The number of unbranched alkanes of at least 4 members (excludes halogenated alkanes) is 2. The average Bonchev–Trinajstić information content (AvgIpc) is 3.06. The van der Waals surface area contributed by atoms with E-state index in [1.807, 2.05) is 78.8 Å². The molecule has 0 aliphatic heterocycles. The van der Waals surface area contributed by atoms with E-state index in [9.17, 15) is 33.9 Å². The van der Waals surface area contributed by atoms with E-state index < -0.39 is 58.9 Å². The fourth-order valence-electron chi connectivity index (χ4n) is 6.11. The largest absolute Gasteiger partial charge is 0.480 e. The Morgan fingerprint density at radius 1 is 0.846 bits per heavy atom. The second-order valence-electron chi connectivity index (χ2n) is 15.6. The number of carbonyl (C=O) groups is 6. The fourth-order valence-corrected chi connectivity index (χ4v) is 6.11. The van der Waals surface area contributed by atoms with Crippen molar-refractivity contribution in [2.24, 2.45) is 17.1 Å². The quantitative estimate of drug-likeness (QED) is 0.0752. The summed E-state index contributed by atoms with van der Waals surface area (Å²) in [5.41, 5.74) is 5.37. The van der Waals surface area contributed by atoms with E-state index in [0.29, 0.717) is 25.7 Å². The van der Waals surface area contributed by atoms with Gasteiger partial charge in [-0.3, -0.25) is 24.0 Å². The summed E-state index contributed by atoms with van der Waals surface area (Å²) in [5.74, 6) is -3.96. The fraction of sp³-hybridized carbons (Fsp3) is 0.641. The van der Waals surface area contributed by atoms with Gasteiger partial charge in [0.15, 0.2) is 0 Å². The van der Waals surface area contributed by atoms with Gasteiger partial charge in [0, 0.05) is 30.9 Å². The molecule has 0 spiro atoms. The van der Waals surface area contributed by atoms with Gasteiger partial charge in [-0.15, -0.1) is 0 Å². The Kier molecular flexibility index (Phi) is 18.4. The van der Waals surface area contributed by atoms with Crippen molar-refractivity contribution in [3.8, 4) is 0 Å². The predicted molar refractivity (Wildman–Crippen MR) is 201 cm³/mol. The molecule has 1 rings (SSSR count). The molecule has 5 atom stereocenters. The molecule has 1 aromatic carbocycles. The molecule has 7 N–H and O–H groups in total. The molecule has 13 heteroatoms. The zero-order valence-corrected chi connectivity index (χ0v) is 32.7. The van der Waals surface area contributed by atoms with Crippen LogP contribution in [-0.4, -0.2) is 94.9 Å². The van der Waals surface area contributed by atoms with Crippen molar-refractivity contribution in [3.63, 3.8) is 0 Å². The number of hydrogen-bond acceptors (Lipinski definition) is 8. The third-order valence-corrected chi connectivity index (χ3v) is 9.55. The topological polar surface area (TPSA) is 208 Å². The Balaban J connectivity index is 3.04. The van der Waals surface area contributed by atoms with Crippen molar-refractivity contribution < 1.29 is 39.0 Å². The van der Waals surface area contributed by atoms with Crippen LogP contribution in [0.1, 0.15) is 106 Å². The Morgan fingerprint density at radius 2 is 1.44 bits per heavy atom. The van der Waals surface area contributed by atoms with Crippen molar-refractivity contribution >= 4 is 35.4 Å². The number of benzene rings is 1. The lowest BCUT2D eigenvalue weighted by Crippen LogP contribution is -2.61. The van der Waals surface area contributed by atoms with Gasteiger partial charge in [0.05, 0.1) is 12.1 Å². The number of carbonyl (C=O) groups excluding carboxylic acids is 4. The standard InChI is InChI=1S/C39H63N5O8/c1-24(2)30(23-25(3)33(46)42-29(37(51)52)22-21-27(45)19-15-12-16-20-28(40)36(49)50)44(10)35(48)32(38(4,5)6)43-34(47)31(41-9)39(7,8)26-17-13-11-14-18-26/h11,13-14,17-18,23-24,28-32,41H,12,15-16,19-22,40H2,1-10H3,(H,42,46)(H,43,47)(H,49,50)(H,51,52)/b25-23+/t28-,29+,30+,31+,32+/m0/s1. The molecule has 52 heavy (non-hydrogen) atoms. The summed E-state index contributed by atoms with van der Waals surface area (Å²) in [4.78, 5) is 77.9. The van der Waals surface area contributed by atoms with Gasteiger partial charge >= 0.3 is 11.9 Å². The molecule has 0 saturated heterocycles. The SMILES string of the molecule is CN[C@H](C(=O)N[C@H](C(=O)N(C)[C@H](/C=C(\C)C(=O)N[C@H](CCC(=O)CCCCC[C@H](N)C(=O)O)C(=O)O)C(C)C)C(C)(C)C)C(C)(C)c1ccccc1. The summed E-state index contributed by atoms with van der Waals surface area (Å²) >= 11 is 0. The normalized spacial score (nSPS) is 15.2. The predicted octanol–water partition coefficient (Wildman–Crippen LogP) is 3.79. The van der Waals surface area contributed by atoms with Crippen molar-refractivity contribution in [2.45, 2.75) is 136 Å². The number of nitrogens with one attached hydrogen (secondary N) is 3. The van der Waals surface area contributed by atoms with Crippen molar-refractivity contribution in [1.82, 2.24) is 20.9 Å². The maximum Gasteiger partial charge on any atom is 0.326 e. The minimum Gasteiger partial charge on any atom is -0.480 e. The summed E-state index contributed by atoms with van der Waals surface area (Å²) < 4.78 is 0. The molecular weight excluding hydrogens is 666 g/mol. The van der Waals surface area contributed by atoms with Gasteiger partial charge in [-0.25, -0.2) is 4.79 Å². The van der Waals surface area contributed by atoms with Gasteiger partial charge in [0.1, 0.15) is 23.9 Å². The Morgan fingerprint density at radius 3 is 1.94 bits per heavy atom. The summed E-state index contributed by atoms with van der Waals surface area (Å²) in [7, 11) is 3.33. The number of carboxylic acids is 2. The highest BCUT2D eigenvalue weighted by atomic mass is 16.4. The molecule has 0 aliphatic carbocycles. The highest BCUT2D eigenvalue weighted by molar-refractivity contribution is 5.96. The summed E-state index contributed by atoms with van der Waals surface area (Å²) in [6.45, 7) is 14.9.